The zero-order valence-electron chi connectivity index (χ0n) is 9.80. The molecule has 3 heteroatoms. The van der Waals surface area contributed by atoms with E-state index in [1.165, 1.54) is 0 Å². The van der Waals surface area contributed by atoms with Crippen molar-refractivity contribution in [1.29, 1.82) is 0 Å². The van der Waals surface area contributed by atoms with E-state index in [1.807, 2.05) is 48.7 Å². The molecule has 0 unspecified atom stereocenters. The second-order valence-electron chi connectivity index (χ2n) is 4.07. The van der Waals surface area contributed by atoms with Gasteiger partial charge < -0.3 is 5.43 Å². The van der Waals surface area contributed by atoms with Crippen molar-refractivity contribution in [2.75, 3.05) is 5.43 Å². The monoisotopic (exact) mass is 235 g/mol. The van der Waals surface area contributed by atoms with Gasteiger partial charge in [0.1, 0.15) is 0 Å². The number of hydrazine groups is 1. The molecule has 1 heterocycles. The molecule has 3 aromatic rings. The summed E-state index contributed by atoms with van der Waals surface area (Å²) < 4.78 is 0. The Hall–Kier alpha value is -2.39. The van der Waals surface area contributed by atoms with Gasteiger partial charge in [-0.15, -0.1) is 0 Å². The summed E-state index contributed by atoms with van der Waals surface area (Å²) in [6, 6.07) is 18.1. The van der Waals surface area contributed by atoms with E-state index in [2.05, 4.69) is 22.5 Å². The van der Waals surface area contributed by atoms with E-state index in [0.29, 0.717) is 0 Å². The second kappa shape index (κ2) is 4.47. The Kier molecular flexibility index (Phi) is 2.67. The molecule has 2 aromatic carbocycles. The quantitative estimate of drug-likeness (QED) is 0.530. The van der Waals surface area contributed by atoms with Crippen LogP contribution in [0.2, 0.25) is 0 Å². The lowest BCUT2D eigenvalue weighted by Crippen LogP contribution is -2.07. The number of nitrogens with zero attached hydrogens (tertiary/aromatic N) is 1. The van der Waals surface area contributed by atoms with Crippen molar-refractivity contribution in [2.24, 2.45) is 5.84 Å². The van der Waals surface area contributed by atoms with Gasteiger partial charge in [-0.1, -0.05) is 36.4 Å². The number of aromatic nitrogens is 1. The average molecular weight is 235 g/mol. The molecule has 3 nitrogen and oxygen atoms in total. The van der Waals surface area contributed by atoms with Crippen molar-refractivity contribution in [3.8, 4) is 11.1 Å². The first-order valence-electron chi connectivity index (χ1n) is 5.80. The summed E-state index contributed by atoms with van der Waals surface area (Å²) in [5.74, 6) is 5.57. The minimum absolute atomic E-state index is 0.911. The number of nitrogens with two attached hydrogens (primary N) is 1. The zero-order valence-corrected chi connectivity index (χ0v) is 9.80. The van der Waals surface area contributed by atoms with Gasteiger partial charge in [0, 0.05) is 17.1 Å². The summed E-state index contributed by atoms with van der Waals surface area (Å²) in [5.41, 5.74) is 6.85. The summed E-state index contributed by atoms with van der Waals surface area (Å²) in [4.78, 5) is 4.37. The highest BCUT2D eigenvalue weighted by Crippen LogP contribution is 2.32. The van der Waals surface area contributed by atoms with Crippen molar-refractivity contribution in [2.45, 2.75) is 0 Å². The van der Waals surface area contributed by atoms with E-state index in [1.54, 1.807) is 0 Å². The number of pyridine rings is 1. The molecule has 0 aliphatic heterocycles. The maximum Gasteiger partial charge on any atom is 0.0708 e. The molecule has 0 saturated carbocycles. The molecular weight excluding hydrogens is 222 g/mol. The number of hydrogen-bond acceptors (Lipinski definition) is 3. The van der Waals surface area contributed by atoms with Gasteiger partial charge in [-0.3, -0.25) is 10.8 Å². The van der Waals surface area contributed by atoms with Crippen LogP contribution in [0.3, 0.4) is 0 Å². The Morgan fingerprint density at radius 1 is 0.833 bits per heavy atom. The van der Waals surface area contributed by atoms with E-state index in [9.17, 15) is 0 Å². The fourth-order valence-corrected chi connectivity index (χ4v) is 2.17. The van der Waals surface area contributed by atoms with Crippen LogP contribution in [0.15, 0.2) is 60.8 Å². The molecular formula is C15H13N3. The van der Waals surface area contributed by atoms with E-state index >= 15 is 0 Å². The largest absolute Gasteiger partial charge is 0.324 e. The van der Waals surface area contributed by atoms with Gasteiger partial charge in [-0.05, 0) is 23.8 Å². The van der Waals surface area contributed by atoms with Crippen molar-refractivity contribution < 1.29 is 0 Å². The standard InChI is InChI=1S/C15H13N3/c16-18-15-8-4-2-6-13(15)11-9-10-17-14-7-3-1-5-12(11)14/h1-10,18H,16H2. The first-order valence-corrected chi connectivity index (χ1v) is 5.80. The molecule has 3 N–H and O–H groups in total. The van der Waals surface area contributed by atoms with Crippen molar-refractivity contribution >= 4 is 16.6 Å². The van der Waals surface area contributed by atoms with Crippen LogP contribution in [0.25, 0.3) is 22.0 Å². The molecule has 1 aromatic heterocycles. The molecule has 18 heavy (non-hydrogen) atoms. The Balaban J connectivity index is 2.32. The summed E-state index contributed by atoms with van der Waals surface area (Å²) in [7, 11) is 0. The van der Waals surface area contributed by atoms with Gasteiger partial charge in [-0.2, -0.15) is 0 Å². The number of hydrogen-bond donors (Lipinski definition) is 2. The highest BCUT2D eigenvalue weighted by Gasteiger charge is 2.07. The fourth-order valence-electron chi connectivity index (χ4n) is 2.17. The maximum atomic E-state index is 5.57. The SMILES string of the molecule is NNc1ccccc1-c1ccnc2ccccc12. The van der Waals surface area contributed by atoms with Crippen molar-refractivity contribution in [3.05, 3.63) is 60.8 Å². The Bertz CT molecular complexity index is 687. The molecule has 0 radical (unpaired) electrons. The number of fused-ring (bicyclic) bond motifs is 1. The minimum Gasteiger partial charge on any atom is -0.324 e. The third-order valence-corrected chi connectivity index (χ3v) is 3.02. The topological polar surface area (TPSA) is 50.9 Å². The van der Waals surface area contributed by atoms with Crippen LogP contribution in [0.4, 0.5) is 5.69 Å². The lowest BCUT2D eigenvalue weighted by atomic mass is 10.00. The normalized spacial score (nSPS) is 10.5. The minimum atomic E-state index is 0.911. The third-order valence-electron chi connectivity index (χ3n) is 3.02. The van der Waals surface area contributed by atoms with Crippen LogP contribution in [0.1, 0.15) is 0 Å². The molecule has 0 spiro atoms. The van der Waals surface area contributed by atoms with E-state index in [0.717, 1.165) is 27.7 Å². The smallest absolute Gasteiger partial charge is 0.0708 e. The third kappa shape index (κ3) is 1.71. The fraction of sp³-hybridized carbons (Fsp3) is 0. The molecule has 0 aliphatic rings. The van der Waals surface area contributed by atoms with Gasteiger partial charge >= 0.3 is 0 Å². The zero-order chi connectivity index (χ0) is 12.4. The maximum absolute atomic E-state index is 5.57. The predicted molar refractivity (Wildman–Crippen MR) is 75.0 cm³/mol. The lowest BCUT2D eigenvalue weighted by Gasteiger charge is -2.10. The highest BCUT2D eigenvalue weighted by atomic mass is 15.2. The van der Waals surface area contributed by atoms with Gasteiger partial charge in [0.2, 0.25) is 0 Å². The van der Waals surface area contributed by atoms with Crippen LogP contribution in [-0.2, 0) is 0 Å². The van der Waals surface area contributed by atoms with Crippen molar-refractivity contribution in [1.82, 2.24) is 4.98 Å². The van der Waals surface area contributed by atoms with Crippen molar-refractivity contribution in [3.63, 3.8) is 0 Å². The molecule has 0 fully saturated rings. The first-order chi connectivity index (χ1) is 8.90. The number of para-hydroxylation sites is 2. The Morgan fingerprint density at radius 2 is 1.61 bits per heavy atom. The van der Waals surface area contributed by atoms with Gasteiger partial charge in [-0.25, -0.2) is 0 Å². The number of nitrogen functional groups attached to an aromatic ring is 1. The van der Waals surface area contributed by atoms with Gasteiger partial charge in [0.05, 0.1) is 11.2 Å². The summed E-state index contributed by atoms with van der Waals surface area (Å²) in [6.45, 7) is 0. The molecule has 0 saturated heterocycles. The van der Waals surface area contributed by atoms with Gasteiger partial charge in [0.15, 0.2) is 0 Å². The van der Waals surface area contributed by atoms with Crippen LogP contribution in [0, 0.1) is 0 Å². The molecule has 0 amide bonds. The number of rotatable bonds is 2. The number of benzene rings is 2. The lowest BCUT2D eigenvalue weighted by molar-refractivity contribution is 1.35. The molecule has 0 atom stereocenters. The highest BCUT2D eigenvalue weighted by molar-refractivity contribution is 5.97. The predicted octanol–water partition coefficient (Wildman–Crippen LogP) is 3.19. The Labute approximate surface area is 105 Å². The first kappa shape index (κ1) is 10.7. The van der Waals surface area contributed by atoms with Crippen LogP contribution in [0.5, 0.6) is 0 Å². The van der Waals surface area contributed by atoms with E-state index in [-0.39, 0.29) is 0 Å². The molecule has 88 valence electrons. The summed E-state index contributed by atoms with van der Waals surface area (Å²) in [5, 5.41) is 1.13. The van der Waals surface area contributed by atoms with Crippen LogP contribution < -0.4 is 11.3 Å². The number of anilines is 1. The number of nitrogens with one attached hydrogen (secondary N) is 1. The van der Waals surface area contributed by atoms with Crippen LogP contribution >= 0.6 is 0 Å². The summed E-state index contributed by atoms with van der Waals surface area (Å²) >= 11 is 0. The Morgan fingerprint density at radius 3 is 2.50 bits per heavy atom. The molecule has 0 aliphatic carbocycles. The van der Waals surface area contributed by atoms with Crippen LogP contribution in [-0.4, -0.2) is 4.98 Å². The van der Waals surface area contributed by atoms with E-state index in [4.69, 9.17) is 5.84 Å². The summed E-state index contributed by atoms with van der Waals surface area (Å²) in [6.07, 6.45) is 1.82. The van der Waals surface area contributed by atoms with E-state index < -0.39 is 0 Å². The molecule has 3 rings (SSSR count). The second-order valence-corrected chi connectivity index (χ2v) is 4.07. The average Bonchev–Trinajstić information content (AvgIpc) is 2.46. The molecule has 0 bridgehead atoms. The van der Waals surface area contributed by atoms with Gasteiger partial charge in [0.25, 0.3) is 0 Å².